The Kier molecular flexibility index (Phi) is 7.95. The van der Waals surface area contributed by atoms with Crippen LogP contribution in [0.4, 0.5) is 0 Å². The van der Waals surface area contributed by atoms with Crippen molar-refractivity contribution in [1.82, 2.24) is 10.2 Å². The third kappa shape index (κ3) is 6.01. The van der Waals surface area contributed by atoms with Gasteiger partial charge in [-0.1, -0.05) is 17.7 Å². The van der Waals surface area contributed by atoms with Crippen molar-refractivity contribution < 1.29 is 22.5 Å². The van der Waals surface area contributed by atoms with Crippen LogP contribution in [0.1, 0.15) is 24.8 Å². The molecule has 3 atom stereocenters. The van der Waals surface area contributed by atoms with E-state index in [2.05, 4.69) is 11.4 Å². The monoisotopic (exact) mass is 409 g/mol. The van der Waals surface area contributed by atoms with Crippen LogP contribution in [-0.4, -0.2) is 62.7 Å². The van der Waals surface area contributed by atoms with Crippen LogP contribution in [-0.2, 0) is 19.6 Å². The fraction of sp³-hybridized carbons (Fsp3) is 0.579. The maximum Gasteiger partial charge on any atom is 0.294 e. The lowest BCUT2D eigenvalue weighted by atomic mass is 10.1. The number of carbonyl (C=O) groups excluding carboxylic acids is 1. The highest BCUT2D eigenvalue weighted by atomic mass is 32.2. The van der Waals surface area contributed by atoms with Crippen LogP contribution in [0.25, 0.3) is 0 Å². The lowest BCUT2D eigenvalue weighted by molar-refractivity contribution is -0.133. The Morgan fingerprint density at radius 1 is 1.39 bits per heavy atom. The minimum atomic E-state index is -4.02. The third-order valence-corrected chi connectivity index (χ3v) is 5.79. The van der Waals surface area contributed by atoms with Crippen LogP contribution in [0.15, 0.2) is 29.2 Å². The quantitative estimate of drug-likeness (QED) is 0.721. The van der Waals surface area contributed by atoms with E-state index < -0.39 is 10.1 Å². The minimum absolute atomic E-state index is 0.0666. The highest BCUT2D eigenvalue weighted by molar-refractivity contribution is 7.85. The van der Waals surface area contributed by atoms with E-state index in [1.807, 2.05) is 6.92 Å². The zero-order valence-electron chi connectivity index (χ0n) is 16.2. The number of nitrogens with one attached hydrogen (secondary N) is 1. The van der Waals surface area contributed by atoms with Crippen molar-refractivity contribution in [3.63, 3.8) is 0 Å². The van der Waals surface area contributed by atoms with Gasteiger partial charge in [0.05, 0.1) is 23.6 Å². The summed E-state index contributed by atoms with van der Waals surface area (Å²) < 4.78 is 34.7. The average molecular weight is 410 g/mol. The Balaban J connectivity index is 0.000000221. The molecule has 2 aliphatic heterocycles. The number of benzene rings is 1. The summed E-state index contributed by atoms with van der Waals surface area (Å²) in [5.41, 5.74) is 0.956. The molecule has 9 heteroatoms. The molecule has 1 amide bonds. The van der Waals surface area contributed by atoms with Gasteiger partial charge in [-0.25, -0.2) is 0 Å². The first kappa shape index (κ1) is 22.3. The van der Waals surface area contributed by atoms with Crippen molar-refractivity contribution in [2.75, 3.05) is 26.8 Å². The van der Waals surface area contributed by atoms with Crippen molar-refractivity contribution in [3.8, 4) is 6.07 Å². The SMILES string of the molecule is COCC1CN[C@H](C(=O)N2CCC[C@H]2C#N)C1.Cc1ccc(S(=O)(=O)O)cc1. The summed E-state index contributed by atoms with van der Waals surface area (Å²) in [6.07, 6.45) is 2.58. The van der Waals surface area contributed by atoms with E-state index in [0.717, 1.165) is 37.9 Å². The number of amides is 1. The molecule has 28 heavy (non-hydrogen) atoms. The Morgan fingerprint density at radius 3 is 2.64 bits per heavy atom. The summed E-state index contributed by atoms with van der Waals surface area (Å²) in [5.74, 6) is 0.504. The molecule has 2 saturated heterocycles. The molecule has 0 bridgehead atoms. The van der Waals surface area contributed by atoms with Crippen LogP contribution in [0.5, 0.6) is 0 Å². The predicted molar refractivity (Wildman–Crippen MR) is 103 cm³/mol. The molecule has 1 unspecified atom stereocenters. The number of hydrogen-bond acceptors (Lipinski definition) is 6. The number of likely N-dealkylation sites (tertiary alicyclic amines) is 1. The van der Waals surface area contributed by atoms with E-state index in [-0.39, 0.29) is 22.9 Å². The first-order chi connectivity index (χ1) is 13.3. The second-order valence-electron chi connectivity index (χ2n) is 7.12. The molecular weight excluding hydrogens is 382 g/mol. The van der Waals surface area contributed by atoms with Gasteiger partial charge in [-0.3, -0.25) is 9.35 Å². The normalized spacial score (nSPS) is 24.4. The summed E-state index contributed by atoms with van der Waals surface area (Å²) in [5, 5.41) is 12.2. The number of nitriles is 1. The fourth-order valence-corrected chi connectivity index (χ4v) is 3.91. The molecule has 2 fully saturated rings. The Bertz CT molecular complexity index is 804. The predicted octanol–water partition coefficient (Wildman–Crippen LogP) is 1.37. The molecule has 0 aliphatic carbocycles. The zero-order valence-corrected chi connectivity index (χ0v) is 17.0. The van der Waals surface area contributed by atoms with Gasteiger partial charge in [-0.2, -0.15) is 13.7 Å². The number of hydrogen-bond donors (Lipinski definition) is 2. The molecule has 2 N–H and O–H groups in total. The van der Waals surface area contributed by atoms with E-state index >= 15 is 0 Å². The van der Waals surface area contributed by atoms with Gasteiger partial charge in [0.1, 0.15) is 6.04 Å². The highest BCUT2D eigenvalue weighted by Gasteiger charge is 2.36. The topological polar surface area (TPSA) is 120 Å². The van der Waals surface area contributed by atoms with Gasteiger partial charge in [0, 0.05) is 20.2 Å². The molecule has 2 heterocycles. The minimum Gasteiger partial charge on any atom is -0.384 e. The molecule has 154 valence electrons. The third-order valence-electron chi connectivity index (χ3n) is 4.93. The van der Waals surface area contributed by atoms with Crippen molar-refractivity contribution in [1.29, 1.82) is 5.26 Å². The summed E-state index contributed by atoms with van der Waals surface area (Å²) >= 11 is 0. The molecule has 0 aromatic heterocycles. The smallest absolute Gasteiger partial charge is 0.294 e. The van der Waals surface area contributed by atoms with Crippen LogP contribution in [0, 0.1) is 24.2 Å². The number of aryl methyl sites for hydroxylation is 1. The van der Waals surface area contributed by atoms with Gasteiger partial charge in [0.15, 0.2) is 0 Å². The van der Waals surface area contributed by atoms with Gasteiger partial charge in [0.2, 0.25) is 5.91 Å². The zero-order chi connectivity index (χ0) is 20.7. The summed E-state index contributed by atoms with van der Waals surface area (Å²) in [6.45, 7) is 4.09. The number of ether oxygens (including phenoxy) is 1. The fourth-order valence-electron chi connectivity index (χ4n) is 3.43. The lowest BCUT2D eigenvalue weighted by Crippen LogP contribution is -2.45. The van der Waals surface area contributed by atoms with Crippen LogP contribution in [0.2, 0.25) is 0 Å². The largest absolute Gasteiger partial charge is 0.384 e. The van der Waals surface area contributed by atoms with Gasteiger partial charge in [-0.05, 0) is 44.2 Å². The standard InChI is InChI=1S/C12H19N3O2.C7H8O3S/c1-17-8-9-5-11(14-7-9)12(16)15-4-2-3-10(15)6-13;1-6-2-4-7(5-3-6)11(8,9)10/h9-11,14H,2-5,7-8H2,1H3;2-5H,1H3,(H,8,9,10)/t9?,10-,11-;/m0./s1. The molecule has 0 saturated carbocycles. The van der Waals surface area contributed by atoms with Crippen LogP contribution >= 0.6 is 0 Å². The molecule has 0 radical (unpaired) electrons. The van der Waals surface area contributed by atoms with E-state index in [1.54, 1.807) is 24.1 Å². The number of rotatable bonds is 4. The van der Waals surface area contributed by atoms with Crippen molar-refractivity contribution >= 4 is 16.0 Å². The average Bonchev–Trinajstić information content (AvgIpc) is 3.31. The van der Waals surface area contributed by atoms with E-state index in [0.29, 0.717) is 12.5 Å². The van der Waals surface area contributed by atoms with Crippen LogP contribution in [0.3, 0.4) is 0 Å². The number of nitrogens with zero attached hydrogens (tertiary/aromatic N) is 2. The lowest BCUT2D eigenvalue weighted by Gasteiger charge is -2.23. The van der Waals surface area contributed by atoms with Gasteiger partial charge >= 0.3 is 0 Å². The Morgan fingerprint density at radius 2 is 2.07 bits per heavy atom. The molecular formula is C19H27N3O5S. The van der Waals surface area contributed by atoms with E-state index in [9.17, 15) is 13.2 Å². The van der Waals surface area contributed by atoms with E-state index in [4.69, 9.17) is 14.6 Å². The Hall–Kier alpha value is -1.99. The van der Waals surface area contributed by atoms with E-state index in [1.165, 1.54) is 12.1 Å². The van der Waals surface area contributed by atoms with Crippen LogP contribution < -0.4 is 5.32 Å². The maximum absolute atomic E-state index is 12.2. The van der Waals surface area contributed by atoms with Gasteiger partial charge < -0.3 is 15.0 Å². The first-order valence-electron chi connectivity index (χ1n) is 9.22. The number of carbonyl (C=O) groups is 1. The molecule has 2 aliphatic rings. The number of methoxy groups -OCH3 is 1. The summed E-state index contributed by atoms with van der Waals surface area (Å²) in [7, 11) is -2.34. The molecule has 1 aromatic carbocycles. The maximum atomic E-state index is 12.2. The van der Waals surface area contributed by atoms with Gasteiger partial charge in [-0.15, -0.1) is 0 Å². The summed E-state index contributed by atoms with van der Waals surface area (Å²) in [4.78, 5) is 13.9. The molecule has 3 rings (SSSR count). The first-order valence-corrected chi connectivity index (χ1v) is 10.7. The van der Waals surface area contributed by atoms with Crippen molar-refractivity contribution in [2.45, 2.75) is 43.2 Å². The molecule has 1 aromatic rings. The van der Waals surface area contributed by atoms with Gasteiger partial charge in [0.25, 0.3) is 10.1 Å². The Labute approximate surface area is 166 Å². The van der Waals surface area contributed by atoms with Crippen molar-refractivity contribution in [2.24, 2.45) is 5.92 Å². The molecule has 0 spiro atoms. The highest BCUT2D eigenvalue weighted by Crippen LogP contribution is 2.22. The summed E-state index contributed by atoms with van der Waals surface area (Å²) in [6, 6.07) is 7.86. The van der Waals surface area contributed by atoms with Crippen molar-refractivity contribution in [3.05, 3.63) is 29.8 Å². The second-order valence-corrected chi connectivity index (χ2v) is 8.55. The molecule has 8 nitrogen and oxygen atoms in total. The second kappa shape index (κ2) is 9.98.